The molecule has 1 amide bonds. The lowest BCUT2D eigenvalue weighted by molar-refractivity contribution is -0.0275. The third-order valence-corrected chi connectivity index (χ3v) is 2.28. The third kappa shape index (κ3) is 7.33. The molecule has 6 nitrogen and oxygen atoms in total. The van der Waals surface area contributed by atoms with Gasteiger partial charge in [-0.15, -0.1) is 0 Å². The fourth-order valence-electron chi connectivity index (χ4n) is 1.48. The minimum absolute atomic E-state index is 0.0403. The molecule has 0 aliphatic heterocycles. The number of aromatic nitrogens is 1. The summed E-state index contributed by atoms with van der Waals surface area (Å²) in [4.78, 5) is 15.4. The molecule has 0 spiro atoms. The lowest BCUT2D eigenvalue weighted by Gasteiger charge is -2.19. The van der Waals surface area contributed by atoms with Gasteiger partial charge in [-0.1, -0.05) is 0 Å². The number of carbonyl (C=O) groups excluding carboxylic acids is 1. The van der Waals surface area contributed by atoms with Crippen LogP contribution in [0, 0.1) is 5.82 Å². The van der Waals surface area contributed by atoms with E-state index in [0.29, 0.717) is 0 Å². The monoisotopic (exact) mass is 314 g/mol. The van der Waals surface area contributed by atoms with Crippen molar-refractivity contribution in [1.29, 1.82) is 0 Å². The zero-order valence-electron chi connectivity index (χ0n) is 13.6. The highest BCUT2D eigenvalue weighted by molar-refractivity contribution is 5.83. The zero-order chi connectivity index (χ0) is 17.0. The maximum atomic E-state index is 13.6. The van der Waals surface area contributed by atoms with Crippen molar-refractivity contribution < 1.29 is 23.8 Å². The molecule has 0 aliphatic carbocycles. The molecule has 0 unspecified atom stereocenters. The van der Waals surface area contributed by atoms with Crippen molar-refractivity contribution in [2.45, 2.75) is 52.4 Å². The van der Waals surface area contributed by atoms with Crippen LogP contribution < -0.4 is 5.32 Å². The van der Waals surface area contributed by atoms with Gasteiger partial charge in [0.15, 0.2) is 0 Å². The van der Waals surface area contributed by atoms with Gasteiger partial charge in [0.05, 0.1) is 25.0 Å². The molecule has 0 saturated carbocycles. The molecule has 0 saturated heterocycles. The number of hydrogen-bond acceptors (Lipinski definition) is 5. The summed E-state index contributed by atoms with van der Waals surface area (Å²) >= 11 is 0. The highest BCUT2D eigenvalue weighted by atomic mass is 19.1. The highest BCUT2D eigenvalue weighted by Crippen LogP contribution is 2.15. The first-order chi connectivity index (χ1) is 9.96. The van der Waals surface area contributed by atoms with Crippen molar-refractivity contribution in [3.63, 3.8) is 0 Å². The van der Waals surface area contributed by atoms with E-state index in [1.165, 1.54) is 6.07 Å². The van der Waals surface area contributed by atoms with Crippen molar-refractivity contribution in [2.75, 3.05) is 11.9 Å². The normalized spacial score (nSPS) is 12.1. The van der Waals surface area contributed by atoms with E-state index in [9.17, 15) is 14.3 Å². The van der Waals surface area contributed by atoms with Crippen molar-refractivity contribution in [2.24, 2.45) is 0 Å². The van der Waals surface area contributed by atoms with Crippen LogP contribution in [0.5, 0.6) is 0 Å². The Morgan fingerprint density at radius 1 is 1.36 bits per heavy atom. The number of ether oxygens (including phenoxy) is 2. The SMILES string of the molecule is CC(C)(O)COCc1cc(NC(=O)OC(C)(C)C)ncc1F. The molecule has 22 heavy (non-hydrogen) atoms. The number of rotatable bonds is 5. The van der Waals surface area contributed by atoms with E-state index >= 15 is 0 Å². The molecule has 1 heterocycles. The Morgan fingerprint density at radius 2 is 2.00 bits per heavy atom. The van der Waals surface area contributed by atoms with E-state index in [1.54, 1.807) is 34.6 Å². The summed E-state index contributed by atoms with van der Waals surface area (Å²) < 4.78 is 24.0. The molecule has 0 radical (unpaired) electrons. The number of halogens is 1. The molecule has 0 bridgehead atoms. The lowest BCUT2D eigenvalue weighted by atomic mass is 10.2. The van der Waals surface area contributed by atoms with Crippen molar-refractivity contribution >= 4 is 11.9 Å². The molecule has 0 aromatic carbocycles. The molecule has 2 N–H and O–H groups in total. The van der Waals surface area contributed by atoms with Crippen LogP contribution in [0.3, 0.4) is 0 Å². The van der Waals surface area contributed by atoms with Gasteiger partial charge in [-0.2, -0.15) is 0 Å². The molecule has 0 atom stereocenters. The minimum Gasteiger partial charge on any atom is -0.444 e. The number of hydrogen-bond donors (Lipinski definition) is 2. The van der Waals surface area contributed by atoms with Gasteiger partial charge in [-0.3, -0.25) is 5.32 Å². The van der Waals surface area contributed by atoms with Crippen LogP contribution in [-0.2, 0) is 16.1 Å². The number of anilines is 1. The van der Waals surface area contributed by atoms with E-state index in [4.69, 9.17) is 9.47 Å². The average molecular weight is 314 g/mol. The molecule has 0 aliphatic rings. The number of nitrogens with zero attached hydrogens (tertiary/aromatic N) is 1. The molecular weight excluding hydrogens is 291 g/mol. The van der Waals surface area contributed by atoms with Crippen LogP contribution in [0.4, 0.5) is 15.0 Å². The summed E-state index contributed by atoms with van der Waals surface area (Å²) in [7, 11) is 0. The van der Waals surface area contributed by atoms with Gasteiger partial charge in [0, 0.05) is 5.56 Å². The molecule has 7 heteroatoms. The molecular formula is C15H23FN2O4. The predicted molar refractivity (Wildman–Crippen MR) is 80.0 cm³/mol. The summed E-state index contributed by atoms with van der Waals surface area (Å²) in [6.07, 6.45) is 0.324. The van der Waals surface area contributed by atoms with Gasteiger partial charge >= 0.3 is 6.09 Å². The second-order valence-electron chi connectivity index (χ2n) is 6.59. The van der Waals surface area contributed by atoms with Crippen LogP contribution in [0.25, 0.3) is 0 Å². The van der Waals surface area contributed by atoms with Crippen LogP contribution >= 0.6 is 0 Å². The van der Waals surface area contributed by atoms with E-state index in [2.05, 4.69) is 10.3 Å². The predicted octanol–water partition coefficient (Wildman–Crippen LogP) is 2.86. The Labute approximate surface area is 129 Å². The quantitative estimate of drug-likeness (QED) is 0.873. The van der Waals surface area contributed by atoms with Crippen LogP contribution in [-0.4, -0.2) is 34.0 Å². The van der Waals surface area contributed by atoms with Crippen LogP contribution in [0.2, 0.25) is 0 Å². The smallest absolute Gasteiger partial charge is 0.413 e. The van der Waals surface area contributed by atoms with Crippen molar-refractivity contribution in [3.8, 4) is 0 Å². The second kappa shape index (κ2) is 7.02. The Morgan fingerprint density at radius 3 is 2.55 bits per heavy atom. The summed E-state index contributed by atoms with van der Waals surface area (Å²) in [6, 6.07) is 1.36. The standard InChI is InChI=1S/C15H23FN2O4/c1-14(2,3)22-13(19)18-12-6-10(11(16)7-17-12)8-21-9-15(4,5)20/h6-7,20H,8-9H2,1-5H3,(H,17,18,19). The fraction of sp³-hybridized carbons (Fsp3) is 0.600. The number of amides is 1. The molecule has 1 aromatic heterocycles. The Hall–Kier alpha value is -1.73. The maximum Gasteiger partial charge on any atom is 0.413 e. The van der Waals surface area contributed by atoms with Crippen LogP contribution in [0.15, 0.2) is 12.3 Å². The van der Waals surface area contributed by atoms with E-state index < -0.39 is 23.1 Å². The van der Waals surface area contributed by atoms with E-state index in [0.717, 1.165) is 6.20 Å². The average Bonchev–Trinajstić information content (AvgIpc) is 2.29. The maximum absolute atomic E-state index is 13.6. The number of carbonyl (C=O) groups is 1. The first-order valence-corrected chi connectivity index (χ1v) is 6.91. The summed E-state index contributed by atoms with van der Waals surface area (Å²) in [6.45, 7) is 8.41. The summed E-state index contributed by atoms with van der Waals surface area (Å²) in [5.74, 6) is -0.386. The Kier molecular flexibility index (Phi) is 5.85. The summed E-state index contributed by atoms with van der Waals surface area (Å²) in [5, 5.41) is 12.0. The molecule has 0 fully saturated rings. The Balaban J connectivity index is 2.67. The van der Waals surface area contributed by atoms with Crippen LogP contribution in [0.1, 0.15) is 40.2 Å². The highest BCUT2D eigenvalue weighted by Gasteiger charge is 2.17. The molecule has 1 rings (SSSR count). The number of pyridine rings is 1. The fourth-order valence-corrected chi connectivity index (χ4v) is 1.48. The third-order valence-electron chi connectivity index (χ3n) is 2.28. The minimum atomic E-state index is -0.999. The number of nitrogens with one attached hydrogen (secondary N) is 1. The molecule has 1 aromatic rings. The van der Waals surface area contributed by atoms with E-state index in [-0.39, 0.29) is 24.6 Å². The van der Waals surface area contributed by atoms with Gasteiger partial charge in [-0.05, 0) is 40.7 Å². The van der Waals surface area contributed by atoms with E-state index in [1.807, 2.05) is 0 Å². The van der Waals surface area contributed by atoms with Crippen molar-refractivity contribution in [3.05, 3.63) is 23.6 Å². The first-order valence-electron chi connectivity index (χ1n) is 6.91. The topological polar surface area (TPSA) is 80.7 Å². The zero-order valence-corrected chi connectivity index (χ0v) is 13.6. The van der Waals surface area contributed by atoms with Gasteiger partial charge in [-0.25, -0.2) is 14.2 Å². The van der Waals surface area contributed by atoms with Gasteiger partial charge < -0.3 is 14.6 Å². The van der Waals surface area contributed by atoms with Gasteiger partial charge in [0.25, 0.3) is 0 Å². The van der Waals surface area contributed by atoms with Gasteiger partial charge in [0.2, 0.25) is 0 Å². The lowest BCUT2D eigenvalue weighted by Crippen LogP contribution is -2.27. The number of aliphatic hydroxyl groups is 1. The second-order valence-corrected chi connectivity index (χ2v) is 6.59. The largest absolute Gasteiger partial charge is 0.444 e. The Bertz CT molecular complexity index is 521. The molecule has 124 valence electrons. The van der Waals surface area contributed by atoms with Crippen molar-refractivity contribution in [1.82, 2.24) is 4.98 Å². The van der Waals surface area contributed by atoms with Gasteiger partial charge in [0.1, 0.15) is 17.2 Å². The first kappa shape index (κ1) is 18.3. The summed E-state index contributed by atoms with van der Waals surface area (Å²) in [5.41, 5.74) is -1.41.